The lowest BCUT2D eigenvalue weighted by molar-refractivity contribution is 0.670. The van der Waals surface area contributed by atoms with Crippen LogP contribution in [-0.2, 0) is 0 Å². The van der Waals surface area contributed by atoms with Gasteiger partial charge in [0.2, 0.25) is 11.7 Å². The van der Waals surface area contributed by atoms with Crippen molar-refractivity contribution in [2.45, 2.75) is 0 Å². The van der Waals surface area contributed by atoms with Crippen molar-refractivity contribution in [1.29, 1.82) is 0 Å². The average molecular weight is 720 g/mol. The van der Waals surface area contributed by atoms with Gasteiger partial charge in [0.05, 0.1) is 16.6 Å². The lowest BCUT2D eigenvalue weighted by Gasteiger charge is -2.11. The zero-order chi connectivity index (χ0) is 36.7. The van der Waals surface area contributed by atoms with Crippen molar-refractivity contribution in [2.75, 3.05) is 0 Å². The Kier molecular flexibility index (Phi) is 6.47. The van der Waals surface area contributed by atoms with Crippen LogP contribution >= 0.6 is 0 Å². The van der Waals surface area contributed by atoms with E-state index < -0.39 is 0 Å². The van der Waals surface area contributed by atoms with Gasteiger partial charge in [-0.05, 0) is 42.0 Å². The number of aromatic nitrogens is 7. The molecule has 5 heterocycles. The first kappa shape index (κ1) is 30.6. The first-order valence-electron chi connectivity index (χ1n) is 18.6. The molecule has 0 radical (unpaired) electrons. The quantitative estimate of drug-likeness (QED) is 0.177. The van der Waals surface area contributed by atoms with Crippen LogP contribution in [0.4, 0.5) is 0 Å². The predicted molar refractivity (Wildman–Crippen MR) is 223 cm³/mol. The van der Waals surface area contributed by atoms with Crippen LogP contribution in [0.3, 0.4) is 0 Å². The van der Waals surface area contributed by atoms with Crippen LogP contribution < -0.4 is 0 Å². The van der Waals surface area contributed by atoms with Gasteiger partial charge in [0.25, 0.3) is 0 Å². The van der Waals surface area contributed by atoms with Gasteiger partial charge >= 0.3 is 0 Å². The van der Waals surface area contributed by atoms with E-state index in [-0.39, 0.29) is 0 Å². The third-order valence-corrected chi connectivity index (χ3v) is 10.7. The van der Waals surface area contributed by atoms with E-state index >= 15 is 0 Å². The Hall–Kier alpha value is -7.84. The number of nitrogens with zero attached hydrogens (tertiary/aromatic N) is 7. The van der Waals surface area contributed by atoms with E-state index in [1.165, 1.54) is 0 Å². The van der Waals surface area contributed by atoms with Crippen LogP contribution in [0.5, 0.6) is 0 Å². The fraction of sp³-hybridized carbons (Fsp3) is 0. The lowest BCUT2D eigenvalue weighted by atomic mass is 10.0. The van der Waals surface area contributed by atoms with E-state index in [4.69, 9.17) is 24.4 Å². The molecular formula is C48H29N7O. The summed E-state index contributed by atoms with van der Waals surface area (Å²) >= 11 is 0. The second-order valence-electron chi connectivity index (χ2n) is 13.9. The summed E-state index contributed by atoms with van der Waals surface area (Å²) in [6, 6.07) is 60.1. The van der Waals surface area contributed by atoms with Crippen molar-refractivity contribution in [1.82, 2.24) is 33.5 Å². The SMILES string of the molecule is c1ccc(-c2nc(-c3ccc(-c4cccc5c4oc4ccccc45)cc3)nc(-n3c4ccccc4c4nc5n(-c6ccccc6)c6ccccc6n5c43)n2)cc1. The fourth-order valence-corrected chi connectivity index (χ4v) is 8.21. The van der Waals surface area contributed by atoms with E-state index in [9.17, 15) is 0 Å². The number of fused-ring (bicyclic) bond motifs is 10. The van der Waals surface area contributed by atoms with Crippen molar-refractivity contribution >= 4 is 60.8 Å². The van der Waals surface area contributed by atoms with Crippen LogP contribution in [-0.4, -0.2) is 33.5 Å². The van der Waals surface area contributed by atoms with Gasteiger partial charge in [-0.2, -0.15) is 9.97 Å². The van der Waals surface area contributed by atoms with E-state index in [0.29, 0.717) is 17.6 Å². The van der Waals surface area contributed by atoms with Gasteiger partial charge in [0.1, 0.15) is 16.7 Å². The highest BCUT2D eigenvalue weighted by molar-refractivity contribution is 6.10. The molecule has 8 heteroatoms. The van der Waals surface area contributed by atoms with Gasteiger partial charge in [-0.3, -0.25) is 13.5 Å². The Bertz CT molecular complexity index is 3470. The van der Waals surface area contributed by atoms with Crippen molar-refractivity contribution < 1.29 is 4.42 Å². The molecule has 56 heavy (non-hydrogen) atoms. The maximum atomic E-state index is 6.38. The summed E-state index contributed by atoms with van der Waals surface area (Å²) in [7, 11) is 0. The minimum absolute atomic E-state index is 0.509. The van der Waals surface area contributed by atoms with Gasteiger partial charge < -0.3 is 4.42 Å². The molecule has 12 aromatic rings. The Balaban J connectivity index is 1.09. The van der Waals surface area contributed by atoms with Crippen LogP contribution in [0, 0.1) is 0 Å². The molecular weight excluding hydrogens is 691 g/mol. The van der Waals surface area contributed by atoms with Crippen LogP contribution in [0.25, 0.3) is 106 Å². The van der Waals surface area contributed by atoms with Crippen LogP contribution in [0.2, 0.25) is 0 Å². The topological polar surface area (TPSA) is 79.0 Å². The summed E-state index contributed by atoms with van der Waals surface area (Å²) in [5, 5.41) is 3.23. The largest absolute Gasteiger partial charge is 0.455 e. The molecule has 0 saturated carbocycles. The molecule has 0 atom stereocenters. The number of hydrogen-bond donors (Lipinski definition) is 0. The molecule has 0 saturated heterocycles. The fourth-order valence-electron chi connectivity index (χ4n) is 8.21. The highest BCUT2D eigenvalue weighted by atomic mass is 16.3. The maximum Gasteiger partial charge on any atom is 0.240 e. The first-order valence-corrected chi connectivity index (χ1v) is 18.6. The summed E-state index contributed by atoms with van der Waals surface area (Å²) in [4.78, 5) is 20.9. The van der Waals surface area contributed by atoms with Gasteiger partial charge in [0, 0.05) is 38.5 Å². The monoisotopic (exact) mass is 719 g/mol. The average Bonchev–Trinajstić information content (AvgIpc) is 4.01. The summed E-state index contributed by atoms with van der Waals surface area (Å²) in [5.74, 6) is 2.48. The summed E-state index contributed by atoms with van der Waals surface area (Å²) in [5.41, 5.74) is 11.5. The predicted octanol–water partition coefficient (Wildman–Crippen LogP) is 11.5. The normalized spacial score (nSPS) is 11.9. The van der Waals surface area contributed by atoms with Crippen molar-refractivity contribution in [3.05, 3.63) is 176 Å². The molecule has 0 aliphatic carbocycles. The van der Waals surface area contributed by atoms with Gasteiger partial charge in [-0.15, -0.1) is 0 Å². The van der Waals surface area contributed by atoms with Crippen molar-refractivity contribution in [2.24, 2.45) is 0 Å². The minimum atomic E-state index is 0.509. The molecule has 8 nitrogen and oxygen atoms in total. The molecule has 0 aliphatic heterocycles. The van der Waals surface area contributed by atoms with Crippen LogP contribution in [0.1, 0.15) is 0 Å². The minimum Gasteiger partial charge on any atom is -0.455 e. The lowest BCUT2D eigenvalue weighted by Crippen LogP contribution is -2.07. The highest BCUT2D eigenvalue weighted by Gasteiger charge is 2.25. The van der Waals surface area contributed by atoms with Crippen molar-refractivity contribution in [3.63, 3.8) is 0 Å². The van der Waals surface area contributed by atoms with E-state index in [2.05, 4.69) is 129 Å². The Labute approximate surface area is 319 Å². The van der Waals surface area contributed by atoms with E-state index in [1.54, 1.807) is 0 Å². The van der Waals surface area contributed by atoms with Gasteiger partial charge in [-0.1, -0.05) is 140 Å². The maximum absolute atomic E-state index is 6.38. The Morgan fingerprint density at radius 3 is 1.80 bits per heavy atom. The van der Waals surface area contributed by atoms with E-state index in [1.807, 2.05) is 60.7 Å². The first-order chi connectivity index (χ1) is 27.8. The Morgan fingerprint density at radius 1 is 0.411 bits per heavy atom. The molecule has 262 valence electrons. The number of furan rings is 1. The standard InChI is InChI=1S/C48H29N7O/c1-3-14-31(15-4-1)44-50-45(32-28-26-30(27-29-32)34-20-13-21-36-35-18-8-12-25-41(35)56-43(34)36)52-47(51-44)54-38-22-9-7-19-37(38)42-46(54)55-40-24-11-10-23-39(40)53(48(55)49-42)33-16-5-2-6-17-33/h1-29H. The molecule has 0 bridgehead atoms. The summed E-state index contributed by atoms with van der Waals surface area (Å²) in [6.07, 6.45) is 0. The van der Waals surface area contributed by atoms with Gasteiger partial charge in [0.15, 0.2) is 17.3 Å². The molecule has 12 rings (SSSR count). The third kappa shape index (κ3) is 4.47. The molecule has 7 aromatic carbocycles. The number of benzene rings is 7. The van der Waals surface area contributed by atoms with Crippen LogP contribution in [0.15, 0.2) is 180 Å². The second-order valence-corrected chi connectivity index (χ2v) is 13.9. The number of para-hydroxylation sites is 6. The highest BCUT2D eigenvalue weighted by Crippen LogP contribution is 2.38. The third-order valence-electron chi connectivity index (χ3n) is 10.7. The zero-order valence-corrected chi connectivity index (χ0v) is 29.8. The van der Waals surface area contributed by atoms with E-state index in [0.717, 1.165) is 88.8 Å². The molecule has 0 N–H and O–H groups in total. The number of hydrogen-bond acceptors (Lipinski definition) is 5. The Morgan fingerprint density at radius 2 is 1.02 bits per heavy atom. The molecule has 0 unspecified atom stereocenters. The second kappa shape index (κ2) is 11.8. The van der Waals surface area contributed by atoms with Gasteiger partial charge in [-0.25, -0.2) is 9.97 Å². The molecule has 0 amide bonds. The molecule has 5 aromatic heterocycles. The molecule has 0 fully saturated rings. The molecule has 0 aliphatic rings. The van der Waals surface area contributed by atoms with Crippen molar-refractivity contribution in [3.8, 4) is 45.5 Å². The summed E-state index contributed by atoms with van der Waals surface area (Å²) in [6.45, 7) is 0. The zero-order valence-electron chi connectivity index (χ0n) is 29.8. The molecule has 0 spiro atoms. The number of imidazole rings is 2. The smallest absolute Gasteiger partial charge is 0.240 e. The number of rotatable bonds is 5. The summed E-state index contributed by atoms with van der Waals surface area (Å²) < 4.78 is 13.0.